The van der Waals surface area contributed by atoms with Gasteiger partial charge in [-0.25, -0.2) is 4.79 Å². The molecule has 0 aromatic heterocycles. The van der Waals surface area contributed by atoms with Gasteiger partial charge in [-0.1, -0.05) is 0 Å². The Morgan fingerprint density at radius 1 is 1.50 bits per heavy atom. The van der Waals surface area contributed by atoms with Crippen LogP contribution in [-0.2, 0) is 9.53 Å². The smallest absolute Gasteiger partial charge is 0.364 e. The molecule has 9 nitrogen and oxygen atoms in total. The van der Waals surface area contributed by atoms with Crippen molar-refractivity contribution in [2.24, 2.45) is 5.73 Å². The molecule has 0 aromatic carbocycles. The Morgan fingerprint density at radius 3 is 2.50 bits per heavy atom. The Balaban J connectivity index is 2.92. The van der Waals surface area contributed by atoms with Gasteiger partial charge in [-0.3, -0.25) is 0 Å². The average Bonchev–Trinajstić information content (AvgIpc) is 2.31. The number of aliphatic carboxylic acids is 1. The lowest BCUT2D eigenvalue weighted by molar-refractivity contribution is -0.292. The minimum atomic E-state index is -2.70. The molecule has 0 saturated carbocycles. The zero-order valence-electron chi connectivity index (χ0n) is 9.38. The van der Waals surface area contributed by atoms with Gasteiger partial charge in [0.1, 0.15) is 18.3 Å². The van der Waals surface area contributed by atoms with E-state index in [1.807, 2.05) is 0 Å². The first-order valence-corrected chi connectivity index (χ1v) is 5.27. The van der Waals surface area contributed by atoms with E-state index in [4.69, 9.17) is 20.7 Å². The van der Waals surface area contributed by atoms with Crippen LogP contribution in [0.5, 0.6) is 0 Å². The summed E-state index contributed by atoms with van der Waals surface area (Å²) in [7, 11) is 0. The molecule has 0 spiro atoms. The van der Waals surface area contributed by atoms with Crippen LogP contribution >= 0.6 is 0 Å². The quantitative estimate of drug-likeness (QED) is 0.267. The second kappa shape index (κ2) is 5.45. The Bertz CT molecular complexity index is 313. The van der Waals surface area contributed by atoms with Crippen molar-refractivity contribution in [1.82, 2.24) is 0 Å². The van der Waals surface area contributed by atoms with Crippen molar-refractivity contribution in [3.8, 4) is 0 Å². The fraction of sp³-hybridized carbons (Fsp3) is 0.889. The molecule has 4 unspecified atom stereocenters. The van der Waals surface area contributed by atoms with Crippen LogP contribution in [0.2, 0.25) is 0 Å². The largest absolute Gasteiger partial charge is 0.477 e. The van der Waals surface area contributed by atoms with E-state index in [0.29, 0.717) is 0 Å². The molecule has 1 aliphatic rings. The highest BCUT2D eigenvalue weighted by Gasteiger charge is 2.52. The maximum atomic E-state index is 10.8. The predicted molar refractivity (Wildman–Crippen MR) is 55.2 cm³/mol. The van der Waals surface area contributed by atoms with E-state index < -0.39 is 55.2 Å². The van der Waals surface area contributed by atoms with E-state index in [1.54, 1.807) is 0 Å². The van der Waals surface area contributed by atoms with Crippen molar-refractivity contribution < 1.29 is 40.2 Å². The Labute approximate surface area is 102 Å². The monoisotopic (exact) mass is 267 g/mol. The summed E-state index contributed by atoms with van der Waals surface area (Å²) < 4.78 is 4.75. The van der Waals surface area contributed by atoms with Gasteiger partial charge >= 0.3 is 5.97 Å². The van der Waals surface area contributed by atoms with Crippen LogP contribution in [-0.4, -0.2) is 79.5 Å². The summed E-state index contributed by atoms with van der Waals surface area (Å²) in [5, 5.41) is 55.5. The lowest BCUT2D eigenvalue weighted by atomic mass is 9.89. The van der Waals surface area contributed by atoms with Gasteiger partial charge in [-0.15, -0.1) is 0 Å². The van der Waals surface area contributed by atoms with E-state index in [9.17, 15) is 25.2 Å². The van der Waals surface area contributed by atoms with E-state index in [-0.39, 0.29) is 0 Å². The Morgan fingerprint density at radius 2 is 2.06 bits per heavy atom. The van der Waals surface area contributed by atoms with Crippen LogP contribution in [0.1, 0.15) is 6.42 Å². The summed E-state index contributed by atoms with van der Waals surface area (Å²) in [4.78, 5) is 10.8. The number of carboxylic acids is 1. The van der Waals surface area contributed by atoms with E-state index in [1.165, 1.54) is 0 Å². The number of ether oxygens (including phenoxy) is 1. The van der Waals surface area contributed by atoms with Gasteiger partial charge in [0.05, 0.1) is 18.8 Å². The maximum Gasteiger partial charge on any atom is 0.364 e. The molecule has 1 aliphatic heterocycles. The minimum absolute atomic E-state index is 0.665. The standard InChI is InChI=1S/C9H17NO8/c10-5-3(12)1-9(17,8(15)16)18-7(5)6(14)4(13)2-11/h3-7,11-14,17H,1-2,10H2,(H,15,16)/t3?,4?,5-,6?,7+,9?/m1/s1. The Kier molecular flexibility index (Phi) is 4.61. The predicted octanol–water partition coefficient (Wildman–Crippen LogP) is -4.05. The number of hydrogen-bond acceptors (Lipinski definition) is 8. The topological polar surface area (TPSA) is 174 Å². The molecule has 1 saturated heterocycles. The molecule has 9 heteroatoms. The second-order valence-electron chi connectivity index (χ2n) is 4.26. The van der Waals surface area contributed by atoms with Gasteiger partial charge in [-0.05, 0) is 0 Å². The molecule has 0 aliphatic carbocycles. The van der Waals surface area contributed by atoms with Crippen molar-refractivity contribution in [1.29, 1.82) is 0 Å². The molecule has 0 amide bonds. The third kappa shape index (κ3) is 2.78. The molecule has 106 valence electrons. The maximum absolute atomic E-state index is 10.8. The molecule has 18 heavy (non-hydrogen) atoms. The minimum Gasteiger partial charge on any atom is -0.477 e. The van der Waals surface area contributed by atoms with Gasteiger partial charge < -0.3 is 41.1 Å². The van der Waals surface area contributed by atoms with Crippen LogP contribution in [0.4, 0.5) is 0 Å². The molecule has 8 N–H and O–H groups in total. The van der Waals surface area contributed by atoms with Crippen LogP contribution in [0.25, 0.3) is 0 Å². The summed E-state index contributed by atoms with van der Waals surface area (Å²) in [6.45, 7) is -0.810. The van der Waals surface area contributed by atoms with Crippen LogP contribution in [0.3, 0.4) is 0 Å². The average molecular weight is 267 g/mol. The number of rotatable bonds is 4. The number of aliphatic hydroxyl groups is 5. The van der Waals surface area contributed by atoms with Crippen LogP contribution in [0, 0.1) is 0 Å². The summed E-state index contributed by atoms with van der Waals surface area (Å²) in [5.74, 6) is -4.44. The van der Waals surface area contributed by atoms with Crippen molar-refractivity contribution in [3.05, 3.63) is 0 Å². The number of aliphatic hydroxyl groups excluding tert-OH is 4. The molecule has 6 atom stereocenters. The third-order valence-electron chi connectivity index (χ3n) is 2.89. The molecule has 1 rings (SSSR count). The van der Waals surface area contributed by atoms with E-state index in [0.717, 1.165) is 0 Å². The highest BCUT2D eigenvalue weighted by atomic mass is 16.7. The van der Waals surface area contributed by atoms with Gasteiger partial charge in [0.2, 0.25) is 0 Å². The lowest BCUT2D eigenvalue weighted by Gasteiger charge is -2.43. The number of carboxylic acid groups (broad SMARTS) is 1. The van der Waals surface area contributed by atoms with E-state index >= 15 is 0 Å². The summed E-state index contributed by atoms with van der Waals surface area (Å²) in [6, 6.07) is -1.21. The van der Waals surface area contributed by atoms with Crippen LogP contribution in [0.15, 0.2) is 0 Å². The fourth-order valence-corrected chi connectivity index (χ4v) is 1.75. The number of hydrogen-bond donors (Lipinski definition) is 7. The first kappa shape index (κ1) is 15.2. The van der Waals surface area contributed by atoms with Crippen LogP contribution < -0.4 is 5.73 Å². The molecule has 0 radical (unpaired) electrons. The Hall–Kier alpha value is -0.810. The number of carbonyl (C=O) groups is 1. The first-order chi connectivity index (χ1) is 8.23. The van der Waals surface area contributed by atoms with E-state index in [2.05, 4.69) is 0 Å². The molecule has 1 heterocycles. The second-order valence-corrected chi connectivity index (χ2v) is 4.26. The highest BCUT2D eigenvalue weighted by Crippen LogP contribution is 2.29. The summed E-state index contributed by atoms with van der Waals surface area (Å²) >= 11 is 0. The fourth-order valence-electron chi connectivity index (χ4n) is 1.75. The first-order valence-electron chi connectivity index (χ1n) is 5.27. The zero-order chi connectivity index (χ0) is 14.1. The van der Waals surface area contributed by atoms with Crippen molar-refractivity contribution in [2.75, 3.05) is 6.61 Å². The molecule has 0 bridgehead atoms. The number of nitrogens with two attached hydrogens (primary N) is 1. The molecule has 0 aromatic rings. The molecule has 1 fully saturated rings. The summed E-state index contributed by atoms with van der Waals surface area (Å²) in [6.07, 6.45) is -7.01. The van der Waals surface area contributed by atoms with Crippen molar-refractivity contribution >= 4 is 5.97 Å². The lowest BCUT2D eigenvalue weighted by Crippen LogP contribution is -2.65. The third-order valence-corrected chi connectivity index (χ3v) is 2.89. The van der Waals surface area contributed by atoms with Gasteiger partial charge in [-0.2, -0.15) is 0 Å². The normalized spacial score (nSPS) is 40.2. The molecular weight excluding hydrogens is 250 g/mol. The van der Waals surface area contributed by atoms with Gasteiger partial charge in [0.25, 0.3) is 5.79 Å². The highest BCUT2D eigenvalue weighted by molar-refractivity contribution is 5.75. The van der Waals surface area contributed by atoms with Crippen molar-refractivity contribution in [3.63, 3.8) is 0 Å². The zero-order valence-corrected chi connectivity index (χ0v) is 9.38. The van der Waals surface area contributed by atoms with Gasteiger partial charge in [0.15, 0.2) is 0 Å². The van der Waals surface area contributed by atoms with Crippen molar-refractivity contribution in [2.45, 2.75) is 42.7 Å². The summed E-state index contributed by atoms with van der Waals surface area (Å²) in [5.41, 5.74) is 5.51. The molecular formula is C9H17NO8. The van der Waals surface area contributed by atoms with Gasteiger partial charge in [0, 0.05) is 6.42 Å². The SMILES string of the molecule is N[C@@H]1C(O)CC(O)(C(=O)O)O[C@@H]1C(O)C(O)CO.